The van der Waals surface area contributed by atoms with Crippen molar-refractivity contribution in [3.8, 4) is 0 Å². The fraction of sp³-hybridized carbons (Fsp3) is 0.538. The summed E-state index contributed by atoms with van der Waals surface area (Å²) in [5, 5.41) is 4.40. The van der Waals surface area contributed by atoms with Gasteiger partial charge < -0.3 is 5.32 Å². The molecule has 1 saturated carbocycles. The lowest BCUT2D eigenvalue weighted by molar-refractivity contribution is -0.129. The molecule has 0 radical (unpaired) electrons. The van der Waals surface area contributed by atoms with Gasteiger partial charge in [0.05, 0.1) is 0 Å². The molecule has 3 amide bonds. The van der Waals surface area contributed by atoms with Crippen LogP contribution in [0.3, 0.4) is 0 Å². The molecule has 0 aromatic carbocycles. The number of rotatable bonds is 5. The number of hydrogen-bond acceptors (Lipinski definition) is 5. The molecule has 120 valence electrons. The van der Waals surface area contributed by atoms with Gasteiger partial charge in [-0.15, -0.1) is 11.3 Å². The molecule has 1 saturated heterocycles. The summed E-state index contributed by atoms with van der Waals surface area (Å²) in [5.74, 6) is -0.266. The van der Waals surface area contributed by atoms with Gasteiger partial charge in [0.1, 0.15) is 9.75 Å². The van der Waals surface area contributed by atoms with Gasteiger partial charge in [-0.3, -0.25) is 9.69 Å². The smallest absolute Gasteiger partial charge is 0.323 e. The largest absolute Gasteiger partial charge is 0.325 e. The number of nitrogens with one attached hydrogen (secondary N) is 2. The Morgan fingerprint density at radius 2 is 2.09 bits per heavy atom. The summed E-state index contributed by atoms with van der Waals surface area (Å²) < 4.78 is 26.6. The number of carbonyl (C=O) groups is 2. The highest BCUT2D eigenvalue weighted by Crippen LogP contribution is 2.58. The number of hydrogen-bond donors (Lipinski definition) is 2. The number of sulfonamides is 1. The van der Waals surface area contributed by atoms with E-state index >= 15 is 0 Å². The van der Waals surface area contributed by atoms with Crippen molar-refractivity contribution in [2.75, 3.05) is 13.1 Å². The van der Waals surface area contributed by atoms with Crippen LogP contribution in [0.25, 0.3) is 0 Å². The summed E-state index contributed by atoms with van der Waals surface area (Å²) in [5.41, 5.74) is -1.04. The topological polar surface area (TPSA) is 95.6 Å². The lowest BCUT2D eigenvalue weighted by Gasteiger charge is -2.14. The predicted molar refractivity (Wildman–Crippen MR) is 80.9 cm³/mol. The second-order valence-corrected chi connectivity index (χ2v) is 9.12. The molecule has 1 aromatic rings. The Balaban J connectivity index is 1.61. The molecule has 0 bridgehead atoms. The van der Waals surface area contributed by atoms with Crippen molar-refractivity contribution in [2.45, 2.75) is 30.0 Å². The molecule has 1 unspecified atom stereocenters. The molecule has 3 rings (SSSR count). The van der Waals surface area contributed by atoms with E-state index in [0.717, 1.165) is 16.2 Å². The van der Waals surface area contributed by atoms with E-state index in [1.165, 1.54) is 6.07 Å². The van der Waals surface area contributed by atoms with E-state index in [4.69, 9.17) is 0 Å². The van der Waals surface area contributed by atoms with Gasteiger partial charge in [-0.2, -0.15) is 0 Å². The van der Waals surface area contributed by atoms with E-state index in [0.29, 0.717) is 6.42 Å². The van der Waals surface area contributed by atoms with Gasteiger partial charge in [-0.05, 0) is 23.3 Å². The van der Waals surface area contributed by atoms with Gasteiger partial charge in [-0.1, -0.05) is 19.9 Å². The highest BCUT2D eigenvalue weighted by Gasteiger charge is 2.72. The van der Waals surface area contributed by atoms with Gasteiger partial charge in [0.25, 0.3) is 5.91 Å². The highest BCUT2D eigenvalue weighted by molar-refractivity contribution is 7.91. The van der Waals surface area contributed by atoms with Gasteiger partial charge >= 0.3 is 6.03 Å². The molecule has 2 aliphatic rings. The van der Waals surface area contributed by atoms with E-state index in [1.807, 2.05) is 13.8 Å². The van der Waals surface area contributed by atoms with E-state index < -0.39 is 21.6 Å². The first kappa shape index (κ1) is 15.4. The molecule has 1 aliphatic heterocycles. The monoisotopic (exact) mass is 343 g/mol. The zero-order valence-corrected chi connectivity index (χ0v) is 13.9. The standard InChI is InChI=1S/C13H17N3O4S2/c1-12(2)8-13(12)10(17)16(11(18)15-13)6-5-14-22(19,20)9-4-3-7-21-9/h3-4,7,14H,5-6,8H2,1-2H3,(H,15,18). The van der Waals surface area contributed by atoms with E-state index in [2.05, 4.69) is 10.0 Å². The Hall–Kier alpha value is -1.45. The molecular weight excluding hydrogens is 326 g/mol. The summed E-state index contributed by atoms with van der Waals surface area (Å²) in [7, 11) is -3.58. The Morgan fingerprint density at radius 3 is 2.59 bits per heavy atom. The number of nitrogens with zero attached hydrogens (tertiary/aromatic N) is 1. The summed E-state index contributed by atoms with van der Waals surface area (Å²) >= 11 is 1.11. The van der Waals surface area contributed by atoms with Crippen LogP contribution in [0.1, 0.15) is 20.3 Å². The van der Waals surface area contributed by atoms with Crippen molar-refractivity contribution >= 4 is 33.3 Å². The van der Waals surface area contributed by atoms with Crippen LogP contribution < -0.4 is 10.0 Å². The minimum absolute atomic E-state index is 0.00407. The molecule has 1 aliphatic carbocycles. The first-order valence-electron chi connectivity index (χ1n) is 6.87. The fourth-order valence-electron chi connectivity index (χ4n) is 2.81. The first-order valence-corrected chi connectivity index (χ1v) is 9.23. The Labute approximate surface area is 132 Å². The van der Waals surface area contributed by atoms with Gasteiger partial charge in [0.2, 0.25) is 10.0 Å². The van der Waals surface area contributed by atoms with Crippen LogP contribution in [0.15, 0.2) is 21.7 Å². The van der Waals surface area contributed by atoms with E-state index in [9.17, 15) is 18.0 Å². The van der Waals surface area contributed by atoms with Crippen LogP contribution in [0.2, 0.25) is 0 Å². The maximum atomic E-state index is 12.4. The molecule has 22 heavy (non-hydrogen) atoms. The third-order valence-corrected chi connectivity index (χ3v) is 7.16. The SMILES string of the molecule is CC1(C)CC12NC(=O)N(CCNS(=O)(=O)c1cccs1)C2=O. The number of carbonyl (C=O) groups excluding carboxylic acids is 2. The molecule has 1 spiro atoms. The summed E-state index contributed by atoms with van der Waals surface area (Å²) in [6.07, 6.45) is 0.613. The van der Waals surface area contributed by atoms with Crippen LogP contribution in [-0.4, -0.2) is 43.9 Å². The maximum Gasteiger partial charge on any atom is 0.325 e. The van der Waals surface area contributed by atoms with Crippen LogP contribution in [0, 0.1) is 5.41 Å². The quantitative estimate of drug-likeness (QED) is 0.771. The van der Waals surface area contributed by atoms with Gasteiger partial charge in [0, 0.05) is 13.1 Å². The van der Waals surface area contributed by atoms with Crippen LogP contribution in [-0.2, 0) is 14.8 Å². The number of imide groups is 1. The molecule has 9 heteroatoms. The van der Waals surface area contributed by atoms with Gasteiger partial charge in [-0.25, -0.2) is 17.9 Å². The average molecular weight is 343 g/mol. The minimum atomic E-state index is -3.58. The van der Waals surface area contributed by atoms with Crippen molar-refractivity contribution in [2.24, 2.45) is 5.41 Å². The average Bonchev–Trinajstić information content (AvgIpc) is 2.83. The third kappa shape index (κ3) is 2.24. The molecule has 2 N–H and O–H groups in total. The Kier molecular flexibility index (Phi) is 3.35. The van der Waals surface area contributed by atoms with Crippen molar-refractivity contribution in [3.63, 3.8) is 0 Å². The zero-order chi connectivity index (χ0) is 16.2. The molecule has 2 heterocycles. The van der Waals surface area contributed by atoms with Crippen molar-refractivity contribution in [1.82, 2.24) is 14.9 Å². The number of thiophene rings is 1. The third-order valence-electron chi connectivity index (χ3n) is 4.30. The minimum Gasteiger partial charge on any atom is -0.323 e. The summed E-state index contributed by atoms with van der Waals surface area (Å²) in [4.78, 5) is 25.4. The lowest BCUT2D eigenvalue weighted by atomic mass is 10.1. The van der Waals surface area contributed by atoms with Crippen molar-refractivity contribution < 1.29 is 18.0 Å². The second kappa shape index (κ2) is 4.77. The normalized spacial score (nSPS) is 26.5. The van der Waals surface area contributed by atoms with E-state index in [-0.39, 0.29) is 28.6 Å². The molecule has 1 aromatic heterocycles. The van der Waals surface area contributed by atoms with Gasteiger partial charge in [0.15, 0.2) is 0 Å². The molecule has 7 nitrogen and oxygen atoms in total. The first-order chi connectivity index (χ1) is 10.2. The number of urea groups is 1. The van der Waals surface area contributed by atoms with Crippen LogP contribution >= 0.6 is 11.3 Å². The number of amides is 3. The van der Waals surface area contributed by atoms with Crippen molar-refractivity contribution in [3.05, 3.63) is 17.5 Å². The summed E-state index contributed by atoms with van der Waals surface area (Å²) in [6, 6.07) is 2.70. The molecule has 2 fully saturated rings. The zero-order valence-electron chi connectivity index (χ0n) is 12.3. The Morgan fingerprint density at radius 1 is 1.41 bits per heavy atom. The maximum absolute atomic E-state index is 12.4. The lowest BCUT2D eigenvalue weighted by Crippen LogP contribution is -2.40. The van der Waals surface area contributed by atoms with Crippen molar-refractivity contribution in [1.29, 1.82) is 0 Å². The predicted octanol–water partition coefficient (Wildman–Crippen LogP) is 0.747. The summed E-state index contributed by atoms with van der Waals surface area (Å²) in [6.45, 7) is 3.87. The second-order valence-electron chi connectivity index (χ2n) is 6.18. The molecular formula is C13H17N3O4S2. The van der Waals surface area contributed by atoms with E-state index in [1.54, 1.807) is 11.4 Å². The fourth-order valence-corrected chi connectivity index (χ4v) is 4.86. The van der Waals surface area contributed by atoms with Crippen LogP contribution in [0.4, 0.5) is 4.79 Å². The Bertz CT molecular complexity index is 726. The molecule has 1 atom stereocenters. The highest BCUT2D eigenvalue weighted by atomic mass is 32.2. The van der Waals surface area contributed by atoms with Crippen LogP contribution in [0.5, 0.6) is 0 Å².